The predicted molar refractivity (Wildman–Crippen MR) is 72.4 cm³/mol. The molecule has 2 rings (SSSR count). The molecule has 0 bridgehead atoms. The monoisotopic (exact) mass is 246 g/mol. The molecule has 1 aliphatic heterocycles. The lowest BCUT2D eigenvalue weighted by Crippen LogP contribution is -2.37. The zero-order valence-electron chi connectivity index (χ0n) is 10.5. The van der Waals surface area contributed by atoms with E-state index in [9.17, 15) is 4.79 Å². The van der Waals surface area contributed by atoms with Gasteiger partial charge in [-0.2, -0.15) is 4.99 Å². The van der Waals surface area contributed by atoms with Gasteiger partial charge in [0.15, 0.2) is 5.96 Å². The second-order valence-corrected chi connectivity index (χ2v) is 4.51. The van der Waals surface area contributed by atoms with E-state index < -0.39 is 0 Å². The number of aryl methyl sites for hydroxylation is 1. The summed E-state index contributed by atoms with van der Waals surface area (Å²) in [6.45, 7) is 2.90. The van der Waals surface area contributed by atoms with Gasteiger partial charge in [0.2, 0.25) is 0 Å². The van der Waals surface area contributed by atoms with Crippen molar-refractivity contribution in [3.63, 3.8) is 0 Å². The second-order valence-electron chi connectivity index (χ2n) is 4.51. The van der Waals surface area contributed by atoms with Crippen molar-refractivity contribution in [1.29, 1.82) is 0 Å². The first kappa shape index (κ1) is 12.4. The van der Waals surface area contributed by atoms with Gasteiger partial charge in [-0.1, -0.05) is 18.2 Å². The van der Waals surface area contributed by atoms with E-state index in [0.29, 0.717) is 0 Å². The maximum Gasteiger partial charge on any atom is 0.271 e. The maximum absolute atomic E-state index is 12.0. The first-order valence-corrected chi connectivity index (χ1v) is 6.05. The maximum atomic E-state index is 12.0. The average molecular weight is 246 g/mol. The number of anilines is 1. The second kappa shape index (κ2) is 5.08. The topological polar surface area (TPSA) is 84.7 Å². The third-order valence-electron chi connectivity index (χ3n) is 3.20. The Morgan fingerprint density at radius 3 is 2.78 bits per heavy atom. The molecule has 5 nitrogen and oxygen atoms in total. The fourth-order valence-electron chi connectivity index (χ4n) is 2.40. The minimum absolute atomic E-state index is 0.170. The summed E-state index contributed by atoms with van der Waals surface area (Å²) in [6.07, 6.45) is 1.77. The predicted octanol–water partition coefficient (Wildman–Crippen LogP) is 0.764. The lowest BCUT2D eigenvalue weighted by molar-refractivity contribution is -0.118. The number of carbonyl (C=O) groups excluding carboxylic acids is 1. The van der Waals surface area contributed by atoms with Crippen LogP contribution in [0.15, 0.2) is 29.3 Å². The number of guanidine groups is 1. The Morgan fingerprint density at radius 2 is 2.11 bits per heavy atom. The van der Waals surface area contributed by atoms with Crippen molar-refractivity contribution in [2.75, 3.05) is 11.4 Å². The van der Waals surface area contributed by atoms with Crippen LogP contribution in [0.5, 0.6) is 0 Å². The van der Waals surface area contributed by atoms with E-state index in [4.69, 9.17) is 11.5 Å². The van der Waals surface area contributed by atoms with Crippen molar-refractivity contribution < 1.29 is 4.79 Å². The fraction of sp³-hybridized carbons (Fsp3) is 0.385. The van der Waals surface area contributed by atoms with E-state index in [1.54, 1.807) is 0 Å². The highest BCUT2D eigenvalue weighted by atomic mass is 16.2. The number of para-hydroxylation sites is 1. The molecular formula is C13H18N4O. The molecule has 1 fully saturated rings. The van der Waals surface area contributed by atoms with E-state index in [-0.39, 0.29) is 17.9 Å². The smallest absolute Gasteiger partial charge is 0.271 e. The standard InChI is InChI=1S/C13H18N4O/c1-9-5-2-3-6-10(9)17-8-4-7-11(17)12(18)16-13(14)15/h2-3,5-6,11H,4,7-8H2,1H3,(H4,14,15,16,18). The molecule has 1 aromatic rings. The normalized spacial score (nSPS) is 18.7. The minimum Gasteiger partial charge on any atom is -0.370 e. The highest BCUT2D eigenvalue weighted by Crippen LogP contribution is 2.28. The largest absolute Gasteiger partial charge is 0.370 e. The number of benzene rings is 1. The Kier molecular flexibility index (Phi) is 3.50. The number of carbonyl (C=O) groups is 1. The van der Waals surface area contributed by atoms with Gasteiger partial charge in [-0.3, -0.25) is 4.79 Å². The van der Waals surface area contributed by atoms with Crippen LogP contribution in [0.4, 0.5) is 5.69 Å². The summed E-state index contributed by atoms with van der Waals surface area (Å²) in [5, 5.41) is 0. The molecular weight excluding hydrogens is 228 g/mol. The van der Waals surface area contributed by atoms with Gasteiger partial charge in [0.05, 0.1) is 0 Å². The van der Waals surface area contributed by atoms with E-state index in [2.05, 4.69) is 9.89 Å². The quantitative estimate of drug-likeness (QED) is 0.596. The van der Waals surface area contributed by atoms with Crippen LogP contribution in [0.25, 0.3) is 0 Å². The Balaban J connectivity index is 2.26. The van der Waals surface area contributed by atoms with Gasteiger partial charge in [0.25, 0.3) is 5.91 Å². The minimum atomic E-state index is -0.254. The first-order valence-electron chi connectivity index (χ1n) is 6.05. The molecule has 1 atom stereocenters. The summed E-state index contributed by atoms with van der Waals surface area (Å²) < 4.78 is 0. The summed E-state index contributed by atoms with van der Waals surface area (Å²) >= 11 is 0. The van der Waals surface area contributed by atoms with Crippen LogP contribution >= 0.6 is 0 Å². The molecule has 1 saturated heterocycles. The molecule has 1 aliphatic rings. The highest BCUT2D eigenvalue weighted by molar-refractivity contribution is 5.96. The Morgan fingerprint density at radius 1 is 1.39 bits per heavy atom. The molecule has 96 valence electrons. The van der Waals surface area contributed by atoms with Crippen LogP contribution in [0.3, 0.4) is 0 Å². The van der Waals surface area contributed by atoms with Gasteiger partial charge >= 0.3 is 0 Å². The van der Waals surface area contributed by atoms with Crippen LogP contribution in [0.2, 0.25) is 0 Å². The molecule has 18 heavy (non-hydrogen) atoms. The SMILES string of the molecule is Cc1ccccc1N1CCCC1C(=O)N=C(N)N. The molecule has 1 aromatic carbocycles. The van der Waals surface area contributed by atoms with Gasteiger partial charge in [-0.25, -0.2) is 0 Å². The molecule has 4 N–H and O–H groups in total. The summed E-state index contributed by atoms with van der Waals surface area (Å²) in [4.78, 5) is 17.7. The molecule has 1 amide bonds. The molecule has 0 radical (unpaired) electrons. The van der Waals surface area contributed by atoms with Gasteiger partial charge in [-0.05, 0) is 31.4 Å². The van der Waals surface area contributed by atoms with E-state index >= 15 is 0 Å². The summed E-state index contributed by atoms with van der Waals surface area (Å²) in [6, 6.07) is 7.78. The number of amides is 1. The highest BCUT2D eigenvalue weighted by Gasteiger charge is 2.31. The molecule has 1 heterocycles. The first-order chi connectivity index (χ1) is 8.59. The zero-order valence-corrected chi connectivity index (χ0v) is 10.5. The molecule has 0 aromatic heterocycles. The van der Waals surface area contributed by atoms with E-state index in [1.807, 2.05) is 31.2 Å². The zero-order chi connectivity index (χ0) is 13.1. The average Bonchev–Trinajstić information content (AvgIpc) is 2.77. The lowest BCUT2D eigenvalue weighted by atomic mass is 10.1. The molecule has 1 unspecified atom stereocenters. The summed E-state index contributed by atoms with van der Waals surface area (Å²) in [5.74, 6) is -0.424. The Bertz CT molecular complexity index is 480. The van der Waals surface area contributed by atoms with Crippen molar-refractivity contribution >= 4 is 17.6 Å². The van der Waals surface area contributed by atoms with Crippen LogP contribution in [0, 0.1) is 6.92 Å². The summed E-state index contributed by atoms with van der Waals surface area (Å²) in [7, 11) is 0. The molecule has 0 spiro atoms. The molecule has 0 aliphatic carbocycles. The van der Waals surface area contributed by atoms with Crippen molar-refractivity contribution in [2.24, 2.45) is 16.5 Å². The number of nitrogens with zero attached hydrogens (tertiary/aromatic N) is 2. The number of hydrogen-bond acceptors (Lipinski definition) is 2. The van der Waals surface area contributed by atoms with E-state index in [0.717, 1.165) is 30.6 Å². The third kappa shape index (κ3) is 2.45. The Labute approximate surface area is 106 Å². The van der Waals surface area contributed by atoms with Crippen molar-refractivity contribution in [3.05, 3.63) is 29.8 Å². The lowest BCUT2D eigenvalue weighted by Gasteiger charge is -2.26. The molecule has 0 saturated carbocycles. The van der Waals surface area contributed by atoms with Crippen molar-refractivity contribution in [2.45, 2.75) is 25.8 Å². The van der Waals surface area contributed by atoms with Crippen LogP contribution in [0.1, 0.15) is 18.4 Å². The Hall–Kier alpha value is -2.04. The van der Waals surface area contributed by atoms with Crippen molar-refractivity contribution in [3.8, 4) is 0 Å². The summed E-state index contributed by atoms with van der Waals surface area (Å²) in [5.41, 5.74) is 12.8. The number of rotatable bonds is 2. The number of nitrogens with two attached hydrogens (primary N) is 2. The van der Waals surface area contributed by atoms with Crippen LogP contribution in [-0.4, -0.2) is 24.5 Å². The number of aliphatic imine (C=N–C) groups is 1. The number of hydrogen-bond donors (Lipinski definition) is 2. The fourth-order valence-corrected chi connectivity index (χ4v) is 2.40. The van der Waals surface area contributed by atoms with Gasteiger partial charge in [-0.15, -0.1) is 0 Å². The third-order valence-corrected chi connectivity index (χ3v) is 3.20. The van der Waals surface area contributed by atoms with Gasteiger partial charge < -0.3 is 16.4 Å². The van der Waals surface area contributed by atoms with Crippen LogP contribution in [-0.2, 0) is 4.79 Å². The van der Waals surface area contributed by atoms with E-state index in [1.165, 1.54) is 0 Å². The van der Waals surface area contributed by atoms with Gasteiger partial charge in [0.1, 0.15) is 6.04 Å². The van der Waals surface area contributed by atoms with Crippen molar-refractivity contribution in [1.82, 2.24) is 0 Å². The van der Waals surface area contributed by atoms with Gasteiger partial charge in [0, 0.05) is 12.2 Å². The van der Waals surface area contributed by atoms with Crippen LogP contribution < -0.4 is 16.4 Å². The molecule has 5 heteroatoms.